The number of benzene rings is 1. The van der Waals surface area contributed by atoms with E-state index in [2.05, 4.69) is 0 Å². The van der Waals surface area contributed by atoms with Crippen LogP contribution in [0.4, 0.5) is 0 Å². The largest absolute Gasteiger partial charge is 0.366 e. The molecule has 0 aromatic heterocycles. The van der Waals surface area contributed by atoms with E-state index in [4.69, 9.17) is 10.6 Å². The van der Waals surface area contributed by atoms with Gasteiger partial charge >= 0.3 is 0 Å². The van der Waals surface area contributed by atoms with Crippen LogP contribution in [0.2, 0.25) is 0 Å². The van der Waals surface area contributed by atoms with Gasteiger partial charge < -0.3 is 5.73 Å². The van der Waals surface area contributed by atoms with E-state index < -0.39 is 5.91 Å². The van der Waals surface area contributed by atoms with Crippen LogP contribution in [0.5, 0.6) is 0 Å². The highest BCUT2D eigenvalue weighted by Crippen LogP contribution is 2.29. The predicted molar refractivity (Wildman–Crippen MR) is 65.8 cm³/mol. The van der Waals surface area contributed by atoms with Crippen molar-refractivity contribution in [2.75, 3.05) is 13.2 Å². The van der Waals surface area contributed by atoms with E-state index in [1.54, 1.807) is 19.1 Å². The zero-order chi connectivity index (χ0) is 13.3. The molecular formula is C13H16N2O3. The summed E-state index contributed by atoms with van der Waals surface area (Å²) in [5.74, 6) is -0.889. The van der Waals surface area contributed by atoms with E-state index in [9.17, 15) is 9.59 Å². The monoisotopic (exact) mass is 248 g/mol. The average Bonchev–Trinajstić information content (AvgIpc) is 2.70. The van der Waals surface area contributed by atoms with Crippen molar-refractivity contribution < 1.29 is 14.4 Å². The van der Waals surface area contributed by atoms with Crippen LogP contribution in [0, 0.1) is 6.92 Å². The summed E-state index contributed by atoms with van der Waals surface area (Å²) in [7, 11) is 0. The number of nitrogens with zero attached hydrogens (tertiary/aromatic N) is 1. The maximum absolute atomic E-state index is 12.1. The fraction of sp³-hybridized carbons (Fsp3) is 0.385. The number of hydrogen-bond acceptors (Lipinski definition) is 3. The number of hydroxylamine groups is 2. The minimum absolute atomic E-state index is 0.0674. The van der Waals surface area contributed by atoms with Gasteiger partial charge in [-0.1, -0.05) is 12.1 Å². The Balaban J connectivity index is 2.38. The molecule has 1 aliphatic rings. The molecular weight excluding hydrogens is 232 g/mol. The molecule has 2 rings (SSSR count). The quantitative estimate of drug-likeness (QED) is 0.866. The second kappa shape index (κ2) is 4.78. The lowest BCUT2D eigenvalue weighted by molar-refractivity contribution is -0.160. The molecule has 0 saturated carbocycles. The summed E-state index contributed by atoms with van der Waals surface area (Å²) in [6.07, 6.45) is 0. The summed E-state index contributed by atoms with van der Waals surface area (Å²) in [6.45, 7) is 4.49. The standard InChI is InChI=1S/C13H16N2O3/c1-3-15-13(17)11(7-18-15)9-5-4-6-10(8(9)2)12(14)16/h4-6,11H,3,7H2,1-2H3,(H2,14,16)/t11-/m1/s1. The van der Waals surface area contributed by atoms with Crippen LogP contribution >= 0.6 is 0 Å². The third-order valence-corrected chi connectivity index (χ3v) is 3.24. The van der Waals surface area contributed by atoms with Gasteiger partial charge in [-0.15, -0.1) is 0 Å². The molecule has 1 aromatic rings. The van der Waals surface area contributed by atoms with E-state index in [1.165, 1.54) is 5.06 Å². The second-order valence-corrected chi connectivity index (χ2v) is 4.27. The summed E-state index contributed by atoms with van der Waals surface area (Å²) < 4.78 is 0. The molecule has 0 bridgehead atoms. The number of carbonyl (C=O) groups is 2. The van der Waals surface area contributed by atoms with Gasteiger partial charge in [-0.25, -0.2) is 5.06 Å². The third kappa shape index (κ3) is 1.97. The van der Waals surface area contributed by atoms with Gasteiger partial charge in [0.25, 0.3) is 5.91 Å². The van der Waals surface area contributed by atoms with Crippen molar-refractivity contribution in [2.24, 2.45) is 5.73 Å². The topological polar surface area (TPSA) is 72.6 Å². The molecule has 5 nitrogen and oxygen atoms in total. The third-order valence-electron chi connectivity index (χ3n) is 3.24. The number of nitrogens with two attached hydrogens (primary N) is 1. The van der Waals surface area contributed by atoms with Crippen LogP contribution in [0.25, 0.3) is 0 Å². The van der Waals surface area contributed by atoms with E-state index in [-0.39, 0.29) is 11.8 Å². The Morgan fingerprint density at radius 2 is 2.28 bits per heavy atom. The average molecular weight is 248 g/mol. The van der Waals surface area contributed by atoms with Gasteiger partial charge in [0.2, 0.25) is 5.91 Å². The highest BCUT2D eigenvalue weighted by Gasteiger charge is 2.34. The SMILES string of the molecule is CCN1OC[C@H](c2cccc(C(N)=O)c2C)C1=O. The van der Waals surface area contributed by atoms with Crippen LogP contribution in [0.1, 0.15) is 34.3 Å². The molecule has 2 amide bonds. The molecule has 18 heavy (non-hydrogen) atoms. The molecule has 0 radical (unpaired) electrons. The summed E-state index contributed by atoms with van der Waals surface area (Å²) in [5.41, 5.74) is 7.33. The molecule has 0 aliphatic carbocycles. The lowest BCUT2D eigenvalue weighted by atomic mass is 9.92. The Bertz CT molecular complexity index is 499. The summed E-state index contributed by atoms with van der Waals surface area (Å²) in [4.78, 5) is 28.6. The van der Waals surface area contributed by atoms with Crippen molar-refractivity contribution >= 4 is 11.8 Å². The molecule has 0 unspecified atom stereocenters. The van der Waals surface area contributed by atoms with Crippen molar-refractivity contribution in [3.63, 3.8) is 0 Å². The number of primary amides is 1. The van der Waals surface area contributed by atoms with E-state index in [0.29, 0.717) is 18.7 Å². The molecule has 1 aromatic carbocycles. The zero-order valence-electron chi connectivity index (χ0n) is 10.5. The van der Waals surface area contributed by atoms with E-state index >= 15 is 0 Å². The minimum Gasteiger partial charge on any atom is -0.366 e. The fourth-order valence-electron chi connectivity index (χ4n) is 2.24. The van der Waals surface area contributed by atoms with Gasteiger partial charge in [0.1, 0.15) is 0 Å². The van der Waals surface area contributed by atoms with Crippen LogP contribution in [0.3, 0.4) is 0 Å². The fourth-order valence-corrected chi connectivity index (χ4v) is 2.24. The van der Waals surface area contributed by atoms with Crippen LogP contribution < -0.4 is 5.73 Å². The molecule has 2 N–H and O–H groups in total. The summed E-state index contributed by atoms with van der Waals surface area (Å²) >= 11 is 0. The maximum Gasteiger partial charge on any atom is 0.256 e. The van der Waals surface area contributed by atoms with Crippen molar-refractivity contribution in [1.82, 2.24) is 5.06 Å². The van der Waals surface area contributed by atoms with Gasteiger partial charge in [0.05, 0.1) is 12.5 Å². The Labute approximate surface area is 105 Å². The van der Waals surface area contributed by atoms with Crippen molar-refractivity contribution in [3.05, 3.63) is 34.9 Å². The highest BCUT2D eigenvalue weighted by molar-refractivity contribution is 5.95. The van der Waals surface area contributed by atoms with Gasteiger partial charge in [-0.3, -0.25) is 14.4 Å². The van der Waals surface area contributed by atoms with Gasteiger partial charge in [-0.2, -0.15) is 0 Å². The predicted octanol–water partition coefficient (Wildman–Crippen LogP) is 0.971. The van der Waals surface area contributed by atoms with E-state index in [0.717, 1.165) is 11.1 Å². The number of carbonyl (C=O) groups excluding carboxylic acids is 2. The Kier molecular flexibility index (Phi) is 3.34. The van der Waals surface area contributed by atoms with E-state index in [1.807, 2.05) is 13.0 Å². The van der Waals surface area contributed by atoms with Gasteiger partial charge in [-0.05, 0) is 31.0 Å². The molecule has 1 aliphatic heterocycles. The molecule has 1 atom stereocenters. The van der Waals surface area contributed by atoms with Gasteiger partial charge in [0.15, 0.2) is 0 Å². The van der Waals surface area contributed by atoms with Crippen molar-refractivity contribution in [3.8, 4) is 0 Å². The molecule has 1 heterocycles. The first-order valence-corrected chi connectivity index (χ1v) is 5.89. The van der Waals surface area contributed by atoms with Crippen molar-refractivity contribution in [1.29, 1.82) is 0 Å². The second-order valence-electron chi connectivity index (χ2n) is 4.27. The van der Waals surface area contributed by atoms with Gasteiger partial charge in [0, 0.05) is 12.1 Å². The maximum atomic E-state index is 12.1. The smallest absolute Gasteiger partial charge is 0.256 e. The summed E-state index contributed by atoms with van der Waals surface area (Å²) in [5, 5.41) is 1.35. The molecule has 96 valence electrons. The number of hydrogen-bond donors (Lipinski definition) is 1. The minimum atomic E-state index is -0.479. The van der Waals surface area contributed by atoms with Crippen molar-refractivity contribution in [2.45, 2.75) is 19.8 Å². The normalized spacial score (nSPS) is 19.3. The molecule has 1 fully saturated rings. The lowest BCUT2D eigenvalue weighted by Crippen LogP contribution is -2.25. The number of likely N-dealkylation sites (N-methyl/N-ethyl adjacent to an activating group) is 1. The van der Waals surface area contributed by atoms with Crippen LogP contribution in [-0.2, 0) is 9.63 Å². The molecule has 1 saturated heterocycles. The summed E-state index contributed by atoms with van der Waals surface area (Å²) in [6, 6.07) is 5.25. The van der Waals surface area contributed by atoms with Crippen LogP contribution in [-0.4, -0.2) is 30.0 Å². The number of rotatable bonds is 3. The molecule has 0 spiro atoms. The first-order valence-electron chi connectivity index (χ1n) is 5.89. The Morgan fingerprint density at radius 3 is 2.83 bits per heavy atom. The zero-order valence-corrected chi connectivity index (χ0v) is 10.5. The Morgan fingerprint density at radius 1 is 1.56 bits per heavy atom. The highest BCUT2D eigenvalue weighted by atomic mass is 16.7. The molecule has 5 heteroatoms. The first kappa shape index (κ1) is 12.6. The first-order chi connectivity index (χ1) is 8.56. The number of amides is 2. The Hall–Kier alpha value is -1.88. The lowest BCUT2D eigenvalue weighted by Gasteiger charge is -2.14. The van der Waals surface area contributed by atoms with Crippen LogP contribution in [0.15, 0.2) is 18.2 Å².